The van der Waals surface area contributed by atoms with Gasteiger partial charge >= 0.3 is 5.97 Å². The Morgan fingerprint density at radius 1 is 1.40 bits per heavy atom. The molecule has 1 heterocycles. The van der Waals surface area contributed by atoms with E-state index < -0.39 is 12.1 Å². The lowest BCUT2D eigenvalue weighted by molar-refractivity contribution is 0.0691. The number of aliphatic hydroxyl groups excluding tert-OH is 1. The van der Waals surface area contributed by atoms with E-state index in [9.17, 15) is 15.0 Å². The Bertz CT molecular complexity index is 633. The molecule has 0 radical (unpaired) electrons. The van der Waals surface area contributed by atoms with E-state index in [1.807, 2.05) is 13.8 Å². The monoisotopic (exact) mass is 278 g/mol. The van der Waals surface area contributed by atoms with Gasteiger partial charge in [-0.15, -0.1) is 0 Å². The normalized spacial score (nSPS) is 13.0. The second-order valence-electron chi connectivity index (χ2n) is 5.03. The third kappa shape index (κ3) is 2.76. The maximum Gasteiger partial charge on any atom is 0.352 e. The average molecular weight is 278 g/mol. The number of carboxylic acids is 1. The van der Waals surface area contributed by atoms with Crippen molar-refractivity contribution in [1.29, 1.82) is 0 Å². The van der Waals surface area contributed by atoms with Crippen LogP contribution in [0.3, 0.4) is 0 Å². The van der Waals surface area contributed by atoms with Gasteiger partial charge in [0.2, 0.25) is 0 Å². The van der Waals surface area contributed by atoms with Gasteiger partial charge in [-0.25, -0.2) is 4.79 Å². The molecule has 5 N–H and O–H groups in total. The van der Waals surface area contributed by atoms with E-state index in [2.05, 4.69) is 10.3 Å². The molecule has 0 fully saturated rings. The van der Waals surface area contributed by atoms with Gasteiger partial charge in [0, 0.05) is 18.0 Å². The number of fused-ring (bicyclic) bond motifs is 1. The number of phenols is 1. The molecule has 6 heteroatoms. The van der Waals surface area contributed by atoms with Gasteiger partial charge in [0.15, 0.2) is 0 Å². The zero-order valence-electron chi connectivity index (χ0n) is 11.3. The van der Waals surface area contributed by atoms with Gasteiger partial charge in [0.25, 0.3) is 0 Å². The average Bonchev–Trinajstić information content (AvgIpc) is 2.82. The molecule has 0 amide bonds. The Labute approximate surface area is 116 Å². The number of nitrogens with one attached hydrogen (secondary N) is 2. The number of aromatic hydroxyl groups is 1. The highest BCUT2D eigenvalue weighted by Crippen LogP contribution is 2.31. The molecular formula is C14H18N2O4. The van der Waals surface area contributed by atoms with Gasteiger partial charge in [-0.05, 0) is 17.7 Å². The van der Waals surface area contributed by atoms with Crippen molar-refractivity contribution in [3.05, 3.63) is 29.5 Å². The van der Waals surface area contributed by atoms with Crippen LogP contribution in [0.4, 0.5) is 0 Å². The summed E-state index contributed by atoms with van der Waals surface area (Å²) in [7, 11) is 0. The van der Waals surface area contributed by atoms with Gasteiger partial charge in [0.05, 0.1) is 11.6 Å². The van der Waals surface area contributed by atoms with Gasteiger partial charge in [-0.3, -0.25) is 0 Å². The molecule has 1 unspecified atom stereocenters. The SMILES string of the molecule is CC(C)NCC(O)c1ccc(O)c2[nH]c(C(=O)O)cc12. The second kappa shape index (κ2) is 5.52. The lowest BCUT2D eigenvalue weighted by atomic mass is 10.0. The molecule has 20 heavy (non-hydrogen) atoms. The molecule has 0 aliphatic carbocycles. The van der Waals surface area contributed by atoms with Crippen LogP contribution in [0.1, 0.15) is 36.0 Å². The number of carbonyl (C=O) groups is 1. The van der Waals surface area contributed by atoms with Crippen molar-refractivity contribution in [2.75, 3.05) is 6.54 Å². The first-order chi connectivity index (χ1) is 9.40. The molecular weight excluding hydrogens is 260 g/mol. The number of carboxylic acid groups (broad SMARTS) is 1. The van der Waals surface area contributed by atoms with Crippen molar-refractivity contribution >= 4 is 16.9 Å². The van der Waals surface area contributed by atoms with Crippen LogP contribution in [0.25, 0.3) is 10.9 Å². The lowest BCUT2D eigenvalue weighted by Gasteiger charge is -2.15. The van der Waals surface area contributed by atoms with E-state index in [4.69, 9.17) is 5.11 Å². The third-order valence-electron chi connectivity index (χ3n) is 3.11. The summed E-state index contributed by atoms with van der Waals surface area (Å²) in [6.07, 6.45) is -0.780. The van der Waals surface area contributed by atoms with E-state index in [1.54, 1.807) is 6.07 Å². The van der Waals surface area contributed by atoms with Crippen LogP contribution in [0.2, 0.25) is 0 Å². The van der Waals surface area contributed by atoms with Crippen molar-refractivity contribution in [3.63, 3.8) is 0 Å². The number of rotatable bonds is 5. The van der Waals surface area contributed by atoms with E-state index >= 15 is 0 Å². The van der Waals surface area contributed by atoms with Crippen molar-refractivity contribution in [3.8, 4) is 5.75 Å². The summed E-state index contributed by atoms with van der Waals surface area (Å²) in [5.74, 6) is -1.15. The number of aromatic carboxylic acids is 1. The Morgan fingerprint density at radius 3 is 2.70 bits per heavy atom. The Kier molecular flexibility index (Phi) is 3.96. The third-order valence-corrected chi connectivity index (χ3v) is 3.11. The topological polar surface area (TPSA) is 106 Å². The number of hydrogen-bond donors (Lipinski definition) is 5. The van der Waals surface area contributed by atoms with Crippen LogP contribution < -0.4 is 5.32 Å². The summed E-state index contributed by atoms with van der Waals surface area (Å²) < 4.78 is 0. The minimum atomic E-state index is -1.11. The van der Waals surface area contributed by atoms with Crippen molar-refractivity contribution in [2.24, 2.45) is 0 Å². The molecule has 1 atom stereocenters. The predicted octanol–water partition coefficient (Wildman–Crippen LogP) is 1.60. The first-order valence-electron chi connectivity index (χ1n) is 6.39. The number of benzene rings is 1. The fraction of sp³-hybridized carbons (Fsp3) is 0.357. The molecule has 0 saturated heterocycles. The van der Waals surface area contributed by atoms with Crippen molar-refractivity contribution in [2.45, 2.75) is 26.0 Å². The molecule has 1 aromatic carbocycles. The Balaban J connectivity index is 2.43. The summed E-state index contributed by atoms with van der Waals surface area (Å²) in [6, 6.07) is 4.70. The summed E-state index contributed by atoms with van der Waals surface area (Å²) in [5.41, 5.74) is 0.880. The van der Waals surface area contributed by atoms with Crippen LogP contribution in [0, 0.1) is 0 Å². The van der Waals surface area contributed by atoms with E-state index in [1.165, 1.54) is 12.1 Å². The molecule has 108 valence electrons. The zero-order valence-corrected chi connectivity index (χ0v) is 11.3. The molecule has 0 spiro atoms. The summed E-state index contributed by atoms with van der Waals surface area (Å²) in [5, 5.41) is 32.6. The standard InChI is InChI=1S/C14H18N2O4/c1-7(2)15-6-12(18)8-3-4-11(17)13-9(8)5-10(16-13)14(19)20/h3-5,7,12,15-18H,6H2,1-2H3,(H,19,20). The molecule has 0 aliphatic heterocycles. The van der Waals surface area contributed by atoms with Crippen LogP contribution in [-0.4, -0.2) is 38.9 Å². The quantitative estimate of drug-likeness (QED) is 0.571. The summed E-state index contributed by atoms with van der Waals surface area (Å²) in [6.45, 7) is 4.29. The Morgan fingerprint density at radius 2 is 2.10 bits per heavy atom. The number of aliphatic hydroxyl groups is 1. The summed E-state index contributed by atoms with van der Waals surface area (Å²) >= 11 is 0. The molecule has 2 aromatic rings. The summed E-state index contributed by atoms with van der Waals surface area (Å²) in [4.78, 5) is 13.6. The fourth-order valence-corrected chi connectivity index (χ4v) is 2.09. The first-order valence-corrected chi connectivity index (χ1v) is 6.39. The van der Waals surface area contributed by atoms with Gasteiger partial charge in [0.1, 0.15) is 11.4 Å². The second-order valence-corrected chi connectivity index (χ2v) is 5.03. The highest BCUT2D eigenvalue weighted by atomic mass is 16.4. The van der Waals surface area contributed by atoms with Gasteiger partial charge in [-0.1, -0.05) is 19.9 Å². The number of H-pyrrole nitrogens is 1. The maximum absolute atomic E-state index is 11.0. The van der Waals surface area contributed by atoms with E-state index in [-0.39, 0.29) is 17.5 Å². The van der Waals surface area contributed by atoms with E-state index in [0.717, 1.165) is 0 Å². The van der Waals surface area contributed by atoms with Crippen molar-refractivity contribution in [1.82, 2.24) is 10.3 Å². The largest absolute Gasteiger partial charge is 0.506 e. The molecule has 0 aliphatic rings. The highest BCUT2D eigenvalue weighted by Gasteiger charge is 2.17. The highest BCUT2D eigenvalue weighted by molar-refractivity contribution is 5.97. The first kappa shape index (κ1) is 14.4. The Hall–Kier alpha value is -2.05. The van der Waals surface area contributed by atoms with Crippen LogP contribution >= 0.6 is 0 Å². The lowest BCUT2D eigenvalue weighted by Crippen LogP contribution is -2.27. The minimum absolute atomic E-state index is 0.0215. The van der Waals surface area contributed by atoms with Crippen LogP contribution in [-0.2, 0) is 0 Å². The maximum atomic E-state index is 11.0. The molecule has 6 nitrogen and oxygen atoms in total. The van der Waals surface area contributed by atoms with E-state index in [0.29, 0.717) is 23.0 Å². The smallest absolute Gasteiger partial charge is 0.352 e. The van der Waals surface area contributed by atoms with Gasteiger partial charge in [-0.2, -0.15) is 0 Å². The van der Waals surface area contributed by atoms with Gasteiger partial charge < -0.3 is 25.6 Å². The van der Waals surface area contributed by atoms with Crippen molar-refractivity contribution < 1.29 is 20.1 Å². The van der Waals surface area contributed by atoms with Crippen LogP contribution in [0.15, 0.2) is 18.2 Å². The minimum Gasteiger partial charge on any atom is -0.506 e. The molecule has 0 bridgehead atoms. The number of hydrogen-bond acceptors (Lipinski definition) is 4. The molecule has 2 rings (SSSR count). The molecule has 0 saturated carbocycles. The number of phenolic OH excluding ortho intramolecular Hbond substituents is 1. The number of aromatic nitrogens is 1. The zero-order chi connectivity index (χ0) is 14.9. The number of aromatic amines is 1. The molecule has 1 aromatic heterocycles. The van der Waals surface area contributed by atoms with Crippen LogP contribution in [0.5, 0.6) is 5.75 Å². The fourth-order valence-electron chi connectivity index (χ4n) is 2.09. The predicted molar refractivity (Wildman–Crippen MR) is 75.0 cm³/mol.